The van der Waals surface area contributed by atoms with Crippen molar-refractivity contribution < 1.29 is 23.5 Å². The SMILES string of the molecule is C[C@H](NC(=O)c1ccco1)C(=O)O[C@H](C)C(=O)NCc1ccc(Cl)cc1. The summed E-state index contributed by atoms with van der Waals surface area (Å²) < 4.78 is 10.0. The van der Waals surface area contributed by atoms with E-state index in [2.05, 4.69) is 10.6 Å². The van der Waals surface area contributed by atoms with Crippen LogP contribution >= 0.6 is 11.6 Å². The van der Waals surface area contributed by atoms with Crippen molar-refractivity contribution >= 4 is 29.4 Å². The first-order chi connectivity index (χ1) is 12.4. The summed E-state index contributed by atoms with van der Waals surface area (Å²) in [6, 6.07) is 9.10. The molecule has 2 N–H and O–H groups in total. The maximum absolute atomic E-state index is 12.0. The van der Waals surface area contributed by atoms with Gasteiger partial charge in [0, 0.05) is 11.6 Å². The molecule has 0 radical (unpaired) electrons. The van der Waals surface area contributed by atoms with Gasteiger partial charge in [0.15, 0.2) is 11.9 Å². The van der Waals surface area contributed by atoms with E-state index in [1.165, 1.54) is 26.2 Å². The van der Waals surface area contributed by atoms with Crippen LogP contribution in [0.4, 0.5) is 0 Å². The quantitative estimate of drug-likeness (QED) is 0.720. The highest BCUT2D eigenvalue weighted by atomic mass is 35.5. The highest BCUT2D eigenvalue weighted by molar-refractivity contribution is 6.30. The van der Waals surface area contributed by atoms with Crippen LogP contribution < -0.4 is 10.6 Å². The summed E-state index contributed by atoms with van der Waals surface area (Å²) in [5.74, 6) is -1.63. The van der Waals surface area contributed by atoms with Gasteiger partial charge in [-0.3, -0.25) is 9.59 Å². The summed E-state index contributed by atoms with van der Waals surface area (Å²) >= 11 is 5.80. The van der Waals surface area contributed by atoms with Gasteiger partial charge in [0.2, 0.25) is 0 Å². The van der Waals surface area contributed by atoms with Crippen molar-refractivity contribution in [3.05, 3.63) is 59.0 Å². The molecule has 0 aliphatic carbocycles. The molecule has 0 aliphatic rings. The van der Waals surface area contributed by atoms with Crippen molar-refractivity contribution in [1.82, 2.24) is 10.6 Å². The van der Waals surface area contributed by atoms with E-state index in [0.717, 1.165) is 5.56 Å². The van der Waals surface area contributed by atoms with Gasteiger partial charge in [-0.1, -0.05) is 23.7 Å². The van der Waals surface area contributed by atoms with Crippen molar-refractivity contribution in [2.75, 3.05) is 0 Å². The number of furan rings is 1. The van der Waals surface area contributed by atoms with Crippen molar-refractivity contribution in [2.24, 2.45) is 0 Å². The molecule has 138 valence electrons. The molecule has 0 saturated heterocycles. The highest BCUT2D eigenvalue weighted by Gasteiger charge is 2.24. The van der Waals surface area contributed by atoms with Gasteiger partial charge in [-0.2, -0.15) is 0 Å². The Kier molecular flexibility index (Phi) is 6.80. The van der Waals surface area contributed by atoms with Gasteiger partial charge in [0.25, 0.3) is 11.8 Å². The Balaban J connectivity index is 1.78. The fourth-order valence-electron chi connectivity index (χ4n) is 2.00. The van der Waals surface area contributed by atoms with Crippen molar-refractivity contribution in [3.8, 4) is 0 Å². The van der Waals surface area contributed by atoms with Gasteiger partial charge in [0.1, 0.15) is 6.04 Å². The van der Waals surface area contributed by atoms with Crippen LogP contribution in [0.2, 0.25) is 5.02 Å². The van der Waals surface area contributed by atoms with E-state index in [4.69, 9.17) is 20.8 Å². The molecule has 0 bridgehead atoms. The van der Waals surface area contributed by atoms with Crippen LogP contribution in [0.3, 0.4) is 0 Å². The topological polar surface area (TPSA) is 97.6 Å². The number of carbonyl (C=O) groups is 3. The molecule has 0 spiro atoms. The fourth-order valence-corrected chi connectivity index (χ4v) is 2.13. The van der Waals surface area contributed by atoms with E-state index in [1.807, 2.05) is 0 Å². The molecule has 2 amide bonds. The van der Waals surface area contributed by atoms with Gasteiger partial charge in [-0.25, -0.2) is 4.79 Å². The molecular weight excluding hydrogens is 360 g/mol. The average molecular weight is 379 g/mol. The standard InChI is InChI=1S/C18H19ClN2O5/c1-11(21-17(23)15-4-3-9-25-15)18(24)26-12(2)16(22)20-10-13-5-7-14(19)8-6-13/h3-9,11-12H,10H2,1-2H3,(H,20,22)(H,21,23)/t11-,12+/m0/s1. The highest BCUT2D eigenvalue weighted by Crippen LogP contribution is 2.09. The number of hydrogen-bond acceptors (Lipinski definition) is 5. The van der Waals surface area contributed by atoms with Gasteiger partial charge in [0.05, 0.1) is 6.26 Å². The van der Waals surface area contributed by atoms with Crippen molar-refractivity contribution in [2.45, 2.75) is 32.5 Å². The Morgan fingerprint density at radius 2 is 1.85 bits per heavy atom. The van der Waals surface area contributed by atoms with Crippen molar-refractivity contribution in [1.29, 1.82) is 0 Å². The number of ether oxygens (including phenoxy) is 1. The zero-order valence-electron chi connectivity index (χ0n) is 14.3. The lowest BCUT2D eigenvalue weighted by molar-refractivity contribution is -0.156. The Labute approximate surface area is 155 Å². The lowest BCUT2D eigenvalue weighted by Crippen LogP contribution is -2.43. The second-order valence-corrected chi connectivity index (χ2v) is 6.03. The Morgan fingerprint density at radius 3 is 2.46 bits per heavy atom. The van der Waals surface area contributed by atoms with Crippen LogP contribution in [0.1, 0.15) is 30.0 Å². The third-order valence-corrected chi connectivity index (χ3v) is 3.74. The largest absolute Gasteiger partial charge is 0.459 e. The molecule has 8 heteroatoms. The normalized spacial score (nSPS) is 12.7. The summed E-state index contributed by atoms with van der Waals surface area (Å²) in [5, 5.41) is 5.71. The molecule has 26 heavy (non-hydrogen) atoms. The lowest BCUT2D eigenvalue weighted by atomic mass is 10.2. The Morgan fingerprint density at radius 1 is 1.15 bits per heavy atom. The predicted molar refractivity (Wildman–Crippen MR) is 94.5 cm³/mol. The van der Waals surface area contributed by atoms with E-state index in [1.54, 1.807) is 30.3 Å². The molecule has 0 fully saturated rings. The molecule has 0 saturated carbocycles. The molecule has 1 aromatic carbocycles. The number of nitrogens with one attached hydrogen (secondary N) is 2. The van der Waals surface area contributed by atoms with E-state index >= 15 is 0 Å². The van der Waals surface area contributed by atoms with Gasteiger partial charge in [-0.05, 0) is 43.7 Å². The lowest BCUT2D eigenvalue weighted by Gasteiger charge is -2.17. The number of carbonyl (C=O) groups excluding carboxylic acids is 3. The number of esters is 1. The van der Waals surface area contributed by atoms with Crippen LogP contribution in [-0.4, -0.2) is 29.9 Å². The first-order valence-electron chi connectivity index (χ1n) is 7.94. The summed E-state index contributed by atoms with van der Waals surface area (Å²) in [4.78, 5) is 35.9. The molecule has 0 unspecified atom stereocenters. The van der Waals surface area contributed by atoms with E-state index in [-0.39, 0.29) is 12.3 Å². The number of hydrogen-bond donors (Lipinski definition) is 2. The Bertz CT molecular complexity index is 758. The monoisotopic (exact) mass is 378 g/mol. The molecular formula is C18H19ClN2O5. The number of rotatable bonds is 7. The van der Waals surface area contributed by atoms with E-state index < -0.39 is 29.9 Å². The smallest absolute Gasteiger partial charge is 0.329 e. The maximum atomic E-state index is 12.0. The van der Waals surface area contributed by atoms with Gasteiger partial charge in [-0.15, -0.1) is 0 Å². The third kappa shape index (κ3) is 5.63. The molecule has 2 atom stereocenters. The second-order valence-electron chi connectivity index (χ2n) is 5.60. The van der Waals surface area contributed by atoms with Gasteiger partial charge < -0.3 is 19.8 Å². The van der Waals surface area contributed by atoms with E-state index in [0.29, 0.717) is 5.02 Å². The number of amides is 2. The van der Waals surface area contributed by atoms with Gasteiger partial charge >= 0.3 is 5.97 Å². The van der Waals surface area contributed by atoms with Crippen LogP contribution in [-0.2, 0) is 20.9 Å². The minimum atomic E-state index is -1.00. The average Bonchev–Trinajstić information content (AvgIpc) is 3.15. The van der Waals surface area contributed by atoms with E-state index in [9.17, 15) is 14.4 Å². The molecule has 2 aromatic rings. The van der Waals surface area contributed by atoms with Crippen LogP contribution in [0.25, 0.3) is 0 Å². The zero-order chi connectivity index (χ0) is 19.1. The molecule has 2 rings (SSSR count). The summed E-state index contributed by atoms with van der Waals surface area (Å²) in [5.41, 5.74) is 0.861. The third-order valence-electron chi connectivity index (χ3n) is 3.49. The second kappa shape index (κ2) is 9.05. The summed E-state index contributed by atoms with van der Waals surface area (Å²) in [6.07, 6.45) is 0.350. The summed E-state index contributed by atoms with van der Waals surface area (Å²) in [7, 11) is 0. The molecule has 1 aromatic heterocycles. The maximum Gasteiger partial charge on any atom is 0.329 e. The van der Waals surface area contributed by atoms with Crippen LogP contribution in [0.5, 0.6) is 0 Å². The minimum absolute atomic E-state index is 0.0819. The van der Waals surface area contributed by atoms with Crippen LogP contribution in [0, 0.1) is 0 Å². The van der Waals surface area contributed by atoms with Crippen LogP contribution in [0.15, 0.2) is 47.1 Å². The molecule has 0 aliphatic heterocycles. The first-order valence-corrected chi connectivity index (χ1v) is 8.31. The summed E-state index contributed by atoms with van der Waals surface area (Å²) in [6.45, 7) is 3.19. The first kappa shape index (κ1) is 19.5. The predicted octanol–water partition coefficient (Wildman–Crippen LogP) is 2.30. The number of benzene rings is 1. The Hall–Kier alpha value is -2.80. The minimum Gasteiger partial charge on any atom is -0.459 e. The number of halogens is 1. The molecule has 7 nitrogen and oxygen atoms in total. The van der Waals surface area contributed by atoms with Crippen molar-refractivity contribution in [3.63, 3.8) is 0 Å². The molecule has 1 heterocycles. The fraction of sp³-hybridized carbons (Fsp3) is 0.278. The zero-order valence-corrected chi connectivity index (χ0v) is 15.1.